The summed E-state index contributed by atoms with van der Waals surface area (Å²) in [4.78, 5) is 0. The van der Waals surface area contributed by atoms with Crippen LogP contribution in [-0.4, -0.2) is 22.2 Å². The fourth-order valence-corrected chi connectivity index (χ4v) is 3.30. The summed E-state index contributed by atoms with van der Waals surface area (Å²) in [6, 6.07) is 0. The van der Waals surface area contributed by atoms with Crippen LogP contribution < -0.4 is 0 Å². The SMILES string of the molecule is C[C@H]1[C@@H]2SC[C@@H](O)[C@H]12. The summed E-state index contributed by atoms with van der Waals surface area (Å²) < 4.78 is 0. The second kappa shape index (κ2) is 1.42. The van der Waals surface area contributed by atoms with Gasteiger partial charge in [-0.1, -0.05) is 6.92 Å². The molecule has 0 aromatic rings. The van der Waals surface area contributed by atoms with Crippen molar-refractivity contribution in [2.45, 2.75) is 18.3 Å². The number of aliphatic hydroxyl groups is 1. The van der Waals surface area contributed by atoms with Crippen molar-refractivity contribution < 1.29 is 5.11 Å². The van der Waals surface area contributed by atoms with Gasteiger partial charge in [0.2, 0.25) is 0 Å². The predicted molar refractivity (Wildman–Crippen MR) is 34.9 cm³/mol. The van der Waals surface area contributed by atoms with Crippen LogP contribution in [0.2, 0.25) is 0 Å². The van der Waals surface area contributed by atoms with Gasteiger partial charge in [-0.3, -0.25) is 0 Å². The van der Waals surface area contributed by atoms with Crippen LogP contribution in [0.1, 0.15) is 6.92 Å². The standard InChI is InChI=1S/C6H10OS/c1-3-5-4(7)2-8-6(3)5/h3-7H,2H2,1H3/t3-,4-,5+,6+/m1/s1. The largest absolute Gasteiger partial charge is 0.392 e. The van der Waals surface area contributed by atoms with E-state index in [9.17, 15) is 5.11 Å². The molecular weight excluding hydrogens is 120 g/mol. The van der Waals surface area contributed by atoms with Gasteiger partial charge in [0.15, 0.2) is 0 Å². The first-order valence-corrected chi connectivity index (χ1v) is 4.15. The van der Waals surface area contributed by atoms with Crippen LogP contribution in [0.25, 0.3) is 0 Å². The minimum absolute atomic E-state index is 0.0278. The lowest BCUT2D eigenvalue weighted by Crippen LogP contribution is -2.09. The maximum Gasteiger partial charge on any atom is 0.0672 e. The maximum absolute atomic E-state index is 9.19. The number of hydrogen-bond acceptors (Lipinski definition) is 2. The summed E-state index contributed by atoms with van der Waals surface area (Å²) in [7, 11) is 0. The van der Waals surface area contributed by atoms with Crippen molar-refractivity contribution >= 4 is 11.8 Å². The highest BCUT2D eigenvalue weighted by molar-refractivity contribution is 8.00. The molecule has 1 saturated carbocycles. The second-order valence-corrected chi connectivity index (χ2v) is 4.01. The Bertz CT molecular complexity index is 113. The van der Waals surface area contributed by atoms with E-state index in [0.29, 0.717) is 5.92 Å². The lowest BCUT2D eigenvalue weighted by Gasteiger charge is -2.01. The Labute approximate surface area is 53.5 Å². The van der Waals surface area contributed by atoms with E-state index in [-0.39, 0.29) is 6.10 Å². The first-order chi connectivity index (χ1) is 3.80. The zero-order valence-corrected chi connectivity index (χ0v) is 5.69. The zero-order valence-electron chi connectivity index (χ0n) is 4.87. The summed E-state index contributed by atoms with van der Waals surface area (Å²) in [5.74, 6) is 2.46. The Hall–Kier alpha value is 0.310. The van der Waals surface area contributed by atoms with Gasteiger partial charge in [-0.05, 0) is 5.92 Å². The Balaban J connectivity index is 2.07. The Morgan fingerprint density at radius 2 is 2.38 bits per heavy atom. The number of fused-ring (bicyclic) bond motifs is 1. The van der Waals surface area contributed by atoms with Crippen LogP contribution >= 0.6 is 11.8 Å². The number of hydrogen-bond donors (Lipinski definition) is 1. The molecule has 2 heteroatoms. The van der Waals surface area contributed by atoms with E-state index in [1.165, 1.54) is 0 Å². The third-order valence-electron chi connectivity index (χ3n) is 2.27. The van der Waals surface area contributed by atoms with Crippen LogP contribution in [-0.2, 0) is 0 Å². The van der Waals surface area contributed by atoms with Crippen molar-refractivity contribution in [1.29, 1.82) is 0 Å². The third kappa shape index (κ3) is 0.477. The number of rotatable bonds is 0. The van der Waals surface area contributed by atoms with E-state index in [4.69, 9.17) is 0 Å². The summed E-state index contributed by atoms with van der Waals surface area (Å²) in [6.45, 7) is 2.23. The van der Waals surface area contributed by atoms with Gasteiger partial charge in [-0.15, -0.1) is 0 Å². The van der Waals surface area contributed by atoms with Gasteiger partial charge >= 0.3 is 0 Å². The van der Waals surface area contributed by atoms with E-state index in [1.54, 1.807) is 0 Å². The predicted octanol–water partition coefficient (Wildman–Crippen LogP) is 0.729. The minimum Gasteiger partial charge on any atom is -0.392 e. The smallest absolute Gasteiger partial charge is 0.0672 e. The first-order valence-electron chi connectivity index (χ1n) is 3.10. The molecule has 2 fully saturated rings. The van der Waals surface area contributed by atoms with Crippen molar-refractivity contribution in [2.24, 2.45) is 11.8 Å². The second-order valence-electron chi connectivity index (χ2n) is 2.80. The minimum atomic E-state index is 0.0278. The van der Waals surface area contributed by atoms with E-state index in [2.05, 4.69) is 6.92 Å². The molecule has 4 atom stereocenters. The molecule has 46 valence electrons. The lowest BCUT2D eigenvalue weighted by atomic mass is 10.2. The van der Waals surface area contributed by atoms with Crippen molar-refractivity contribution in [1.82, 2.24) is 0 Å². The van der Waals surface area contributed by atoms with Crippen LogP contribution in [0.4, 0.5) is 0 Å². The molecule has 0 spiro atoms. The highest BCUT2D eigenvalue weighted by atomic mass is 32.2. The normalized spacial score (nSPS) is 60.8. The molecule has 1 N–H and O–H groups in total. The molecular formula is C6H10OS. The van der Waals surface area contributed by atoms with E-state index in [0.717, 1.165) is 16.9 Å². The number of thioether (sulfide) groups is 1. The maximum atomic E-state index is 9.19. The molecule has 2 aliphatic rings. The van der Waals surface area contributed by atoms with Crippen molar-refractivity contribution in [3.8, 4) is 0 Å². The molecule has 8 heavy (non-hydrogen) atoms. The molecule has 0 aromatic carbocycles. The molecule has 1 saturated heterocycles. The van der Waals surface area contributed by atoms with Gasteiger partial charge < -0.3 is 5.11 Å². The molecule has 1 aliphatic heterocycles. The third-order valence-corrected chi connectivity index (χ3v) is 3.93. The molecule has 1 nitrogen and oxygen atoms in total. The molecule has 0 radical (unpaired) electrons. The van der Waals surface area contributed by atoms with E-state index < -0.39 is 0 Å². The highest BCUT2D eigenvalue weighted by Crippen LogP contribution is 2.55. The van der Waals surface area contributed by atoms with Gasteiger partial charge in [-0.25, -0.2) is 0 Å². The molecule has 0 unspecified atom stereocenters. The molecule has 0 amide bonds. The lowest BCUT2D eigenvalue weighted by molar-refractivity contribution is 0.175. The topological polar surface area (TPSA) is 20.2 Å². The van der Waals surface area contributed by atoms with Crippen molar-refractivity contribution in [3.05, 3.63) is 0 Å². The molecule has 2 rings (SSSR count). The summed E-state index contributed by atoms with van der Waals surface area (Å²) in [5.41, 5.74) is 0. The Morgan fingerprint density at radius 3 is 2.62 bits per heavy atom. The van der Waals surface area contributed by atoms with Gasteiger partial charge in [0.05, 0.1) is 6.10 Å². The van der Waals surface area contributed by atoms with Gasteiger partial charge in [0, 0.05) is 16.9 Å². The fourth-order valence-electron chi connectivity index (χ4n) is 1.61. The van der Waals surface area contributed by atoms with Crippen LogP contribution in [0.15, 0.2) is 0 Å². The van der Waals surface area contributed by atoms with Crippen LogP contribution in [0.3, 0.4) is 0 Å². The molecule has 1 heterocycles. The van der Waals surface area contributed by atoms with E-state index in [1.807, 2.05) is 11.8 Å². The van der Waals surface area contributed by atoms with Gasteiger partial charge in [0.25, 0.3) is 0 Å². The Kier molecular flexibility index (Phi) is 0.910. The fraction of sp³-hybridized carbons (Fsp3) is 1.00. The highest BCUT2D eigenvalue weighted by Gasteiger charge is 2.55. The van der Waals surface area contributed by atoms with Gasteiger partial charge in [0.1, 0.15) is 0 Å². The summed E-state index contributed by atoms with van der Waals surface area (Å²) in [5, 5.41) is 10.0. The van der Waals surface area contributed by atoms with Crippen molar-refractivity contribution in [2.75, 3.05) is 5.75 Å². The molecule has 0 aromatic heterocycles. The quantitative estimate of drug-likeness (QED) is 0.521. The number of aliphatic hydroxyl groups excluding tert-OH is 1. The Morgan fingerprint density at radius 1 is 1.62 bits per heavy atom. The monoisotopic (exact) mass is 130 g/mol. The molecule has 0 bridgehead atoms. The average Bonchev–Trinajstić information content (AvgIpc) is 2.13. The summed E-state index contributed by atoms with van der Waals surface area (Å²) >= 11 is 1.94. The summed E-state index contributed by atoms with van der Waals surface area (Å²) in [6.07, 6.45) is 0.0278. The van der Waals surface area contributed by atoms with E-state index >= 15 is 0 Å². The van der Waals surface area contributed by atoms with Crippen LogP contribution in [0, 0.1) is 11.8 Å². The zero-order chi connectivity index (χ0) is 5.72. The first kappa shape index (κ1) is 5.12. The molecule has 1 aliphatic carbocycles. The van der Waals surface area contributed by atoms with Gasteiger partial charge in [-0.2, -0.15) is 11.8 Å². The van der Waals surface area contributed by atoms with Crippen molar-refractivity contribution in [3.63, 3.8) is 0 Å². The van der Waals surface area contributed by atoms with Crippen LogP contribution in [0.5, 0.6) is 0 Å². The average molecular weight is 130 g/mol.